The maximum Gasteiger partial charge on any atom is 0.268 e. The van der Waals surface area contributed by atoms with Gasteiger partial charge in [0.1, 0.15) is 5.75 Å². The van der Waals surface area contributed by atoms with Crippen LogP contribution in [0.1, 0.15) is 18.4 Å². The van der Waals surface area contributed by atoms with Crippen molar-refractivity contribution < 1.29 is 19.0 Å². The van der Waals surface area contributed by atoms with Gasteiger partial charge >= 0.3 is 0 Å². The molecule has 21 heavy (non-hydrogen) atoms. The van der Waals surface area contributed by atoms with Gasteiger partial charge in [0.2, 0.25) is 0 Å². The fourth-order valence-corrected chi connectivity index (χ4v) is 3.49. The van der Waals surface area contributed by atoms with Crippen LogP contribution in [0.3, 0.4) is 0 Å². The van der Waals surface area contributed by atoms with Crippen molar-refractivity contribution in [2.24, 2.45) is 0 Å². The molecule has 110 valence electrons. The van der Waals surface area contributed by atoms with E-state index in [1.54, 1.807) is 19.1 Å². The third-order valence-electron chi connectivity index (χ3n) is 4.50. The molecule has 1 aromatic rings. The van der Waals surface area contributed by atoms with Crippen molar-refractivity contribution in [3.63, 3.8) is 0 Å². The molecule has 1 aromatic carbocycles. The number of hydrogen-bond acceptors (Lipinski definition) is 4. The third kappa shape index (κ3) is 1.50. The molecule has 0 radical (unpaired) electrons. The predicted molar refractivity (Wildman–Crippen MR) is 76.2 cm³/mol. The summed E-state index contributed by atoms with van der Waals surface area (Å²) in [5.41, 5.74) is 0.462. The normalized spacial score (nSPS) is 33.4. The van der Waals surface area contributed by atoms with E-state index in [9.17, 15) is 4.79 Å². The van der Waals surface area contributed by atoms with Crippen molar-refractivity contribution in [2.45, 2.75) is 24.2 Å². The monoisotopic (exact) mass is 287 g/mol. The summed E-state index contributed by atoms with van der Waals surface area (Å²) in [4.78, 5) is 14.5. The average Bonchev–Trinajstić information content (AvgIpc) is 3.18. The number of hydrogen-bond donors (Lipinski definition) is 0. The highest BCUT2D eigenvalue weighted by Gasteiger charge is 2.59. The maximum atomic E-state index is 12.8. The van der Waals surface area contributed by atoms with Crippen molar-refractivity contribution in [1.82, 2.24) is 0 Å². The molecule has 3 heterocycles. The summed E-state index contributed by atoms with van der Waals surface area (Å²) < 4.78 is 17.4. The molecule has 0 aliphatic carbocycles. The van der Waals surface area contributed by atoms with Gasteiger partial charge in [-0.2, -0.15) is 0 Å². The minimum absolute atomic E-state index is 0.106. The van der Waals surface area contributed by atoms with E-state index in [0.29, 0.717) is 12.4 Å². The number of carbonyl (C=O) groups excluding carboxylic acids is 1. The first-order valence-electron chi connectivity index (χ1n) is 7.12. The van der Waals surface area contributed by atoms with E-state index in [2.05, 4.69) is 0 Å². The van der Waals surface area contributed by atoms with E-state index in [4.69, 9.17) is 14.2 Å². The van der Waals surface area contributed by atoms with Gasteiger partial charge in [0.05, 0.1) is 25.0 Å². The fraction of sp³-hybridized carbons (Fsp3) is 0.438. The lowest BCUT2D eigenvalue weighted by Gasteiger charge is -2.29. The molecule has 4 rings (SSSR count). The molecular weight excluding hydrogens is 270 g/mol. The Hall–Kier alpha value is -1.85. The summed E-state index contributed by atoms with van der Waals surface area (Å²) in [7, 11) is 3.36. The highest BCUT2D eigenvalue weighted by molar-refractivity contribution is 6.09. The Bertz CT molecular complexity index is 648. The zero-order chi connectivity index (χ0) is 14.7. The molecule has 2 unspecified atom stereocenters. The fourth-order valence-electron chi connectivity index (χ4n) is 3.49. The molecule has 2 atom stereocenters. The van der Waals surface area contributed by atoms with Crippen LogP contribution in [0.5, 0.6) is 5.75 Å². The highest BCUT2D eigenvalue weighted by atomic mass is 16.7. The van der Waals surface area contributed by atoms with Crippen molar-refractivity contribution in [1.29, 1.82) is 0 Å². The van der Waals surface area contributed by atoms with Crippen LogP contribution in [-0.2, 0) is 19.9 Å². The van der Waals surface area contributed by atoms with Crippen LogP contribution in [0.15, 0.2) is 30.4 Å². The quantitative estimate of drug-likeness (QED) is 0.741. The van der Waals surface area contributed by atoms with E-state index < -0.39 is 11.4 Å². The molecule has 3 aliphatic rings. The van der Waals surface area contributed by atoms with Gasteiger partial charge in [-0.15, -0.1) is 0 Å². The summed E-state index contributed by atoms with van der Waals surface area (Å²) >= 11 is 0. The Morgan fingerprint density at radius 2 is 2.19 bits per heavy atom. The second-order valence-electron chi connectivity index (χ2n) is 5.65. The largest absolute Gasteiger partial charge is 0.496 e. The number of nitrogens with zero attached hydrogens (tertiary/aromatic N) is 1. The molecule has 0 bridgehead atoms. The summed E-state index contributed by atoms with van der Waals surface area (Å²) in [5, 5.41) is 0. The van der Waals surface area contributed by atoms with Gasteiger partial charge in [-0.3, -0.25) is 4.79 Å². The van der Waals surface area contributed by atoms with E-state index in [0.717, 1.165) is 24.1 Å². The van der Waals surface area contributed by atoms with E-state index in [1.165, 1.54) is 0 Å². The number of ether oxygens (including phenoxy) is 3. The van der Waals surface area contributed by atoms with Crippen molar-refractivity contribution >= 4 is 11.6 Å². The van der Waals surface area contributed by atoms with Crippen LogP contribution < -0.4 is 9.64 Å². The highest BCUT2D eigenvalue weighted by Crippen LogP contribution is 2.54. The molecule has 1 fully saturated rings. The lowest BCUT2D eigenvalue weighted by atomic mass is 9.95. The third-order valence-corrected chi connectivity index (χ3v) is 4.50. The summed E-state index contributed by atoms with van der Waals surface area (Å²) in [6, 6.07) is 5.63. The minimum atomic E-state index is -1.12. The first kappa shape index (κ1) is 12.9. The Kier molecular flexibility index (Phi) is 2.50. The average molecular weight is 287 g/mol. The van der Waals surface area contributed by atoms with Gasteiger partial charge in [-0.05, 0) is 30.7 Å². The SMILES string of the molecule is COc1cccc2c1C1(C=CC3(CCCO3)O1)C(=O)N2C. The van der Waals surface area contributed by atoms with Gasteiger partial charge in [-0.1, -0.05) is 6.07 Å². The van der Waals surface area contributed by atoms with Crippen LogP contribution in [0, 0.1) is 0 Å². The molecular formula is C16H17NO4. The summed E-state index contributed by atoms with van der Waals surface area (Å²) in [6.45, 7) is 0.656. The zero-order valence-corrected chi connectivity index (χ0v) is 12.1. The smallest absolute Gasteiger partial charge is 0.268 e. The number of rotatable bonds is 1. The number of likely N-dealkylation sites (N-methyl/N-ethyl adjacent to an activating group) is 1. The van der Waals surface area contributed by atoms with Gasteiger partial charge < -0.3 is 19.1 Å². The molecule has 3 aliphatic heterocycles. The number of methoxy groups -OCH3 is 1. The molecule has 5 heteroatoms. The second kappa shape index (κ2) is 4.08. The second-order valence-corrected chi connectivity index (χ2v) is 5.65. The van der Waals surface area contributed by atoms with E-state index in [-0.39, 0.29) is 5.91 Å². The van der Waals surface area contributed by atoms with Gasteiger partial charge in [-0.25, -0.2) is 0 Å². The Morgan fingerprint density at radius 1 is 1.33 bits per heavy atom. The van der Waals surface area contributed by atoms with Crippen molar-refractivity contribution in [3.05, 3.63) is 35.9 Å². The van der Waals surface area contributed by atoms with Crippen LogP contribution in [-0.4, -0.2) is 32.5 Å². The Labute approximate surface area is 123 Å². The topological polar surface area (TPSA) is 48.0 Å². The van der Waals surface area contributed by atoms with Crippen LogP contribution in [0.25, 0.3) is 0 Å². The molecule has 1 saturated heterocycles. The van der Waals surface area contributed by atoms with E-state index in [1.807, 2.05) is 30.4 Å². The number of fused-ring (bicyclic) bond motifs is 2. The number of benzene rings is 1. The molecule has 5 nitrogen and oxygen atoms in total. The maximum absolute atomic E-state index is 12.8. The molecule has 0 saturated carbocycles. The molecule has 2 spiro atoms. The molecule has 1 amide bonds. The molecule has 0 N–H and O–H groups in total. The van der Waals surface area contributed by atoms with Crippen molar-refractivity contribution in [3.8, 4) is 5.75 Å². The number of anilines is 1. The van der Waals surface area contributed by atoms with Crippen molar-refractivity contribution in [2.75, 3.05) is 25.7 Å². The first-order chi connectivity index (χ1) is 10.1. The zero-order valence-electron chi connectivity index (χ0n) is 12.1. The van der Waals surface area contributed by atoms with Gasteiger partial charge in [0.25, 0.3) is 5.91 Å². The summed E-state index contributed by atoms with van der Waals surface area (Å²) in [5.74, 6) is -0.214. The predicted octanol–water partition coefficient (Wildman–Crippen LogP) is 1.96. The van der Waals surface area contributed by atoms with Gasteiger partial charge in [0.15, 0.2) is 11.4 Å². The lowest BCUT2D eigenvalue weighted by Crippen LogP contribution is -2.42. The summed E-state index contributed by atoms with van der Waals surface area (Å²) in [6.07, 6.45) is 5.41. The van der Waals surface area contributed by atoms with Crippen LogP contribution in [0.2, 0.25) is 0 Å². The standard InChI is InChI=1S/C16H17NO4/c1-17-11-5-3-6-12(19-2)13(11)16(14(17)18)9-8-15(21-16)7-4-10-20-15/h3,5-6,8-9H,4,7,10H2,1-2H3. The van der Waals surface area contributed by atoms with E-state index >= 15 is 0 Å². The minimum Gasteiger partial charge on any atom is -0.496 e. The molecule has 0 aromatic heterocycles. The van der Waals surface area contributed by atoms with Crippen LogP contribution in [0.4, 0.5) is 5.69 Å². The number of amides is 1. The lowest BCUT2D eigenvalue weighted by molar-refractivity contribution is -0.213. The number of carbonyl (C=O) groups is 1. The van der Waals surface area contributed by atoms with Crippen LogP contribution >= 0.6 is 0 Å². The Balaban J connectivity index is 1.89. The first-order valence-corrected chi connectivity index (χ1v) is 7.12. The Morgan fingerprint density at radius 3 is 2.90 bits per heavy atom. The van der Waals surface area contributed by atoms with Gasteiger partial charge in [0, 0.05) is 13.5 Å².